The zero-order chi connectivity index (χ0) is 17.0. The number of hydrogen-bond donors (Lipinski definition) is 1. The number of sulfonamides is 1. The first-order chi connectivity index (χ1) is 10.8. The second-order valence-corrected chi connectivity index (χ2v) is 6.64. The predicted molar refractivity (Wildman–Crippen MR) is 84.7 cm³/mol. The lowest BCUT2D eigenvalue weighted by Gasteiger charge is -2.11. The fourth-order valence-electron chi connectivity index (χ4n) is 1.86. The monoisotopic (exact) mass is 330 g/mol. The van der Waals surface area contributed by atoms with Crippen LogP contribution >= 0.6 is 0 Å². The lowest BCUT2D eigenvalue weighted by Crippen LogP contribution is -2.29. The van der Waals surface area contributed by atoms with Crippen LogP contribution in [-0.4, -0.2) is 20.6 Å². The summed E-state index contributed by atoms with van der Waals surface area (Å²) in [4.78, 5) is 11.8. The van der Waals surface area contributed by atoms with Crippen LogP contribution in [0.2, 0.25) is 0 Å². The van der Waals surface area contributed by atoms with Crippen molar-refractivity contribution in [3.63, 3.8) is 0 Å². The molecule has 118 valence electrons. The molecular weight excluding hydrogens is 316 g/mol. The van der Waals surface area contributed by atoms with Gasteiger partial charge in [-0.1, -0.05) is 18.2 Å². The highest BCUT2D eigenvalue weighted by Crippen LogP contribution is 2.28. The molecule has 0 saturated carbocycles. The number of hydrogen-bond acceptors (Lipinski definition) is 5. The van der Waals surface area contributed by atoms with Crippen molar-refractivity contribution in [1.29, 1.82) is 5.26 Å². The summed E-state index contributed by atoms with van der Waals surface area (Å²) in [5, 5.41) is 9.22. The third kappa shape index (κ3) is 4.31. The van der Waals surface area contributed by atoms with Crippen LogP contribution in [0.4, 0.5) is 0 Å². The van der Waals surface area contributed by atoms with E-state index in [4.69, 9.17) is 4.74 Å². The Balaban J connectivity index is 2.32. The Kier molecular flexibility index (Phi) is 4.67. The molecule has 2 rings (SSSR count). The molecular formula is C16H14N2O4S. The van der Waals surface area contributed by atoms with Crippen LogP contribution in [0.5, 0.6) is 11.5 Å². The smallest absolute Gasteiger partial charge is 0.264 e. The van der Waals surface area contributed by atoms with Gasteiger partial charge in [-0.2, -0.15) is 5.26 Å². The molecule has 0 radical (unpaired) electrons. The summed E-state index contributed by atoms with van der Waals surface area (Å²) in [6, 6.07) is 13.4. The van der Waals surface area contributed by atoms with E-state index in [1.54, 1.807) is 6.07 Å². The van der Waals surface area contributed by atoms with Crippen LogP contribution in [0.3, 0.4) is 0 Å². The van der Waals surface area contributed by atoms with Crippen molar-refractivity contribution in [2.24, 2.45) is 0 Å². The van der Waals surface area contributed by atoms with E-state index in [1.165, 1.54) is 18.2 Å². The predicted octanol–water partition coefficient (Wildman–Crippen LogP) is 2.35. The molecule has 0 fully saturated rings. The molecule has 0 heterocycles. The zero-order valence-corrected chi connectivity index (χ0v) is 13.3. The summed E-state index contributed by atoms with van der Waals surface area (Å²) < 4.78 is 29.7. The molecule has 0 aliphatic heterocycles. The Hall–Kier alpha value is -2.85. The topological polar surface area (TPSA) is 96.3 Å². The highest BCUT2D eigenvalue weighted by atomic mass is 32.2. The number of para-hydroxylation sites is 1. The van der Waals surface area contributed by atoms with E-state index in [2.05, 4.69) is 0 Å². The van der Waals surface area contributed by atoms with Crippen LogP contribution in [0.15, 0.2) is 42.5 Å². The molecule has 0 aliphatic rings. The van der Waals surface area contributed by atoms with E-state index >= 15 is 0 Å². The van der Waals surface area contributed by atoms with E-state index in [1.807, 2.05) is 35.9 Å². The molecule has 0 bridgehead atoms. The Morgan fingerprint density at radius 3 is 2.48 bits per heavy atom. The number of carbonyl (C=O) groups excluding carboxylic acids is 1. The number of nitrogens with zero attached hydrogens (tertiary/aromatic N) is 1. The average Bonchev–Trinajstić information content (AvgIpc) is 2.48. The molecule has 0 saturated heterocycles. The highest BCUT2D eigenvalue weighted by Gasteiger charge is 2.14. The summed E-state index contributed by atoms with van der Waals surface area (Å²) in [7, 11) is -3.67. The first-order valence-electron chi connectivity index (χ1n) is 6.60. The maximum atomic E-state index is 11.8. The van der Waals surface area contributed by atoms with E-state index in [0.29, 0.717) is 5.75 Å². The van der Waals surface area contributed by atoms with Gasteiger partial charge in [-0.15, -0.1) is 0 Å². The fraction of sp³-hybridized carbons (Fsp3) is 0.125. The second-order valence-electron chi connectivity index (χ2n) is 4.89. The molecule has 0 aliphatic carbocycles. The molecule has 0 unspecified atom stereocenters. The number of nitrogens with one attached hydrogen (secondary N) is 1. The number of nitriles is 1. The van der Waals surface area contributed by atoms with Crippen molar-refractivity contribution in [3.8, 4) is 17.6 Å². The van der Waals surface area contributed by atoms with E-state index < -0.39 is 15.9 Å². The van der Waals surface area contributed by atoms with Crippen LogP contribution in [0.25, 0.3) is 0 Å². The van der Waals surface area contributed by atoms with Gasteiger partial charge in [-0.25, -0.2) is 13.1 Å². The standard InChI is InChI=1S/C16H14N2O4S/c1-11-5-3-4-6-14(11)22-15-8-7-12(9-13(15)10-17)16(19)18-23(2,20)21/h3-9H,1-2H3,(H,18,19). The molecule has 1 amide bonds. The number of amides is 1. The Morgan fingerprint density at radius 2 is 1.87 bits per heavy atom. The lowest BCUT2D eigenvalue weighted by molar-refractivity contribution is 0.0981. The van der Waals surface area contributed by atoms with Gasteiger partial charge in [-0.3, -0.25) is 4.79 Å². The van der Waals surface area contributed by atoms with Gasteiger partial charge in [-0.05, 0) is 36.8 Å². The second kappa shape index (κ2) is 6.50. The van der Waals surface area contributed by atoms with Crippen LogP contribution in [0.1, 0.15) is 21.5 Å². The highest BCUT2D eigenvalue weighted by molar-refractivity contribution is 7.89. The van der Waals surface area contributed by atoms with Gasteiger partial charge in [0.2, 0.25) is 10.0 Å². The summed E-state index contributed by atoms with van der Waals surface area (Å²) in [5.74, 6) is 0.0847. The number of benzene rings is 2. The molecule has 6 nitrogen and oxygen atoms in total. The van der Waals surface area contributed by atoms with E-state index in [0.717, 1.165) is 11.8 Å². The SMILES string of the molecule is Cc1ccccc1Oc1ccc(C(=O)NS(C)(=O)=O)cc1C#N. The van der Waals surface area contributed by atoms with E-state index in [9.17, 15) is 18.5 Å². The maximum absolute atomic E-state index is 11.8. The number of aryl methyl sites for hydroxylation is 1. The van der Waals surface area contributed by atoms with Crippen LogP contribution in [0, 0.1) is 18.3 Å². The molecule has 1 N–H and O–H groups in total. The van der Waals surface area contributed by atoms with E-state index in [-0.39, 0.29) is 16.9 Å². The molecule has 7 heteroatoms. The van der Waals surface area contributed by atoms with Crippen molar-refractivity contribution in [2.75, 3.05) is 6.26 Å². The largest absolute Gasteiger partial charge is 0.456 e. The minimum Gasteiger partial charge on any atom is -0.456 e. The summed E-state index contributed by atoms with van der Waals surface area (Å²) in [6.07, 6.45) is 0.881. The van der Waals surface area contributed by atoms with Crippen LogP contribution in [-0.2, 0) is 10.0 Å². The van der Waals surface area contributed by atoms with Crippen molar-refractivity contribution in [2.45, 2.75) is 6.92 Å². The molecule has 23 heavy (non-hydrogen) atoms. The Morgan fingerprint density at radius 1 is 1.17 bits per heavy atom. The summed E-state index contributed by atoms with van der Waals surface area (Å²) in [5.41, 5.74) is 1.09. The third-order valence-electron chi connectivity index (χ3n) is 2.95. The van der Waals surface area contributed by atoms with Gasteiger partial charge < -0.3 is 4.74 Å². The van der Waals surface area contributed by atoms with Crippen molar-refractivity contribution < 1.29 is 17.9 Å². The Labute approximate surface area is 134 Å². The zero-order valence-electron chi connectivity index (χ0n) is 12.5. The first kappa shape index (κ1) is 16.5. The fourth-order valence-corrected chi connectivity index (χ4v) is 2.32. The average molecular weight is 330 g/mol. The van der Waals surface area contributed by atoms with Crippen molar-refractivity contribution in [1.82, 2.24) is 4.72 Å². The normalized spacial score (nSPS) is 10.7. The first-order valence-corrected chi connectivity index (χ1v) is 8.49. The molecule has 2 aromatic carbocycles. The summed E-state index contributed by atoms with van der Waals surface area (Å²) in [6.45, 7) is 1.87. The molecule has 2 aromatic rings. The van der Waals surface area contributed by atoms with Crippen molar-refractivity contribution >= 4 is 15.9 Å². The lowest BCUT2D eigenvalue weighted by atomic mass is 10.1. The number of ether oxygens (including phenoxy) is 1. The minimum absolute atomic E-state index is 0.0594. The summed E-state index contributed by atoms with van der Waals surface area (Å²) >= 11 is 0. The van der Waals surface area contributed by atoms with Gasteiger partial charge in [0, 0.05) is 5.56 Å². The minimum atomic E-state index is -3.67. The van der Waals surface area contributed by atoms with Gasteiger partial charge in [0.1, 0.15) is 17.6 Å². The van der Waals surface area contributed by atoms with Gasteiger partial charge in [0.25, 0.3) is 5.91 Å². The maximum Gasteiger partial charge on any atom is 0.264 e. The van der Waals surface area contributed by atoms with Gasteiger partial charge in [0.15, 0.2) is 0 Å². The molecule has 0 spiro atoms. The quantitative estimate of drug-likeness (QED) is 0.928. The Bertz CT molecular complexity index is 899. The van der Waals surface area contributed by atoms with Gasteiger partial charge >= 0.3 is 0 Å². The van der Waals surface area contributed by atoms with Gasteiger partial charge in [0.05, 0.1) is 11.8 Å². The number of rotatable bonds is 4. The van der Waals surface area contributed by atoms with Crippen LogP contribution < -0.4 is 9.46 Å². The third-order valence-corrected chi connectivity index (χ3v) is 3.51. The van der Waals surface area contributed by atoms with Crippen molar-refractivity contribution in [3.05, 3.63) is 59.2 Å². The molecule has 0 aromatic heterocycles. The number of carbonyl (C=O) groups is 1. The molecule has 0 atom stereocenters.